The second kappa shape index (κ2) is 4.67. The molecule has 0 bridgehead atoms. The van der Waals surface area contributed by atoms with Crippen molar-refractivity contribution in [1.82, 2.24) is 24.1 Å². The molecule has 0 saturated carbocycles. The molecule has 0 radical (unpaired) electrons. The minimum atomic E-state index is -0.203. The van der Waals surface area contributed by atoms with Crippen molar-refractivity contribution >= 4 is 17.0 Å². The van der Waals surface area contributed by atoms with Crippen LogP contribution in [0, 0.1) is 0 Å². The minimum Gasteiger partial charge on any atom is -0.472 e. The highest BCUT2D eigenvalue weighted by molar-refractivity contribution is 7.13. The zero-order chi connectivity index (χ0) is 14.2. The maximum atomic E-state index is 12.2. The van der Waals surface area contributed by atoms with Gasteiger partial charge in [0.15, 0.2) is 5.65 Å². The van der Waals surface area contributed by atoms with Gasteiger partial charge in [-0.25, -0.2) is 18.9 Å². The lowest BCUT2D eigenvalue weighted by molar-refractivity contribution is 0.568. The number of nitrogens with zero attached hydrogens (tertiary/aromatic N) is 5. The Bertz CT molecular complexity index is 950. The summed E-state index contributed by atoms with van der Waals surface area (Å²) in [7, 11) is 0. The molecular weight excluding hydrogens is 290 g/mol. The maximum absolute atomic E-state index is 12.2. The monoisotopic (exact) mass is 299 g/mol. The van der Waals surface area contributed by atoms with E-state index in [1.165, 1.54) is 20.4 Å². The summed E-state index contributed by atoms with van der Waals surface area (Å²) >= 11 is 1.51. The van der Waals surface area contributed by atoms with Crippen molar-refractivity contribution in [2.75, 3.05) is 0 Å². The molecule has 0 aliphatic rings. The molecule has 0 saturated heterocycles. The molecule has 0 aliphatic carbocycles. The van der Waals surface area contributed by atoms with E-state index >= 15 is 0 Å². The first-order valence-corrected chi connectivity index (χ1v) is 7.05. The molecule has 8 heteroatoms. The molecular formula is C13H9N5O2S. The lowest BCUT2D eigenvalue weighted by Crippen LogP contribution is -2.21. The predicted molar refractivity (Wildman–Crippen MR) is 76.2 cm³/mol. The van der Waals surface area contributed by atoms with E-state index in [1.807, 2.05) is 11.4 Å². The third kappa shape index (κ3) is 2.05. The molecule has 0 amide bonds. The van der Waals surface area contributed by atoms with Crippen LogP contribution >= 0.6 is 11.3 Å². The molecule has 0 atom stereocenters. The van der Waals surface area contributed by atoms with Crippen LogP contribution in [0.25, 0.3) is 16.2 Å². The number of fused-ring (bicyclic) bond motifs is 1. The average molecular weight is 299 g/mol. The lowest BCUT2D eigenvalue weighted by atomic mass is 10.3. The molecule has 0 aromatic carbocycles. The molecule has 21 heavy (non-hydrogen) atoms. The van der Waals surface area contributed by atoms with Gasteiger partial charge in [0.2, 0.25) is 0 Å². The Balaban J connectivity index is 1.69. The van der Waals surface area contributed by atoms with Crippen LogP contribution in [0.2, 0.25) is 0 Å². The highest BCUT2D eigenvalue weighted by Crippen LogP contribution is 2.24. The molecule has 0 aliphatic heterocycles. The van der Waals surface area contributed by atoms with Crippen LogP contribution in [0.5, 0.6) is 0 Å². The highest BCUT2D eigenvalue weighted by Gasteiger charge is 2.10. The first kappa shape index (κ1) is 12.0. The zero-order valence-corrected chi connectivity index (χ0v) is 11.5. The van der Waals surface area contributed by atoms with Crippen molar-refractivity contribution in [3.05, 3.63) is 58.7 Å². The van der Waals surface area contributed by atoms with E-state index in [0.29, 0.717) is 12.2 Å². The molecule has 104 valence electrons. The molecule has 4 aromatic heterocycles. The highest BCUT2D eigenvalue weighted by atomic mass is 32.1. The molecule has 4 aromatic rings. The number of hydrogen-bond donors (Lipinski definition) is 0. The van der Waals surface area contributed by atoms with Gasteiger partial charge in [-0.3, -0.25) is 4.98 Å². The first-order valence-electron chi connectivity index (χ1n) is 6.17. The summed E-state index contributed by atoms with van der Waals surface area (Å²) in [6.45, 7) is 0.328. The van der Waals surface area contributed by atoms with Crippen LogP contribution in [-0.4, -0.2) is 24.1 Å². The summed E-state index contributed by atoms with van der Waals surface area (Å²) in [6.07, 6.45) is 7.95. The molecule has 0 unspecified atom stereocenters. The Morgan fingerprint density at radius 1 is 1.38 bits per heavy atom. The van der Waals surface area contributed by atoms with Gasteiger partial charge in [0.05, 0.1) is 24.7 Å². The van der Waals surface area contributed by atoms with E-state index in [1.54, 1.807) is 31.1 Å². The number of thiazole rings is 1. The number of rotatable bonds is 3. The van der Waals surface area contributed by atoms with Gasteiger partial charge < -0.3 is 4.42 Å². The smallest absolute Gasteiger partial charge is 0.350 e. The fourth-order valence-electron chi connectivity index (χ4n) is 2.03. The van der Waals surface area contributed by atoms with Crippen LogP contribution in [0.15, 0.2) is 51.8 Å². The minimum absolute atomic E-state index is 0.203. The molecule has 0 N–H and O–H groups in total. The normalized spacial score (nSPS) is 11.2. The molecule has 0 spiro atoms. The Kier molecular flexibility index (Phi) is 2.68. The topological polar surface area (TPSA) is 78.2 Å². The summed E-state index contributed by atoms with van der Waals surface area (Å²) < 4.78 is 7.88. The van der Waals surface area contributed by atoms with E-state index in [4.69, 9.17) is 4.42 Å². The first-order chi connectivity index (χ1) is 10.3. The summed E-state index contributed by atoms with van der Waals surface area (Å²) in [5, 5.41) is 7.00. The lowest BCUT2D eigenvalue weighted by Gasteiger charge is -1.94. The van der Waals surface area contributed by atoms with E-state index in [0.717, 1.165) is 16.3 Å². The van der Waals surface area contributed by atoms with Crippen LogP contribution < -0.4 is 5.69 Å². The number of furan rings is 1. The Morgan fingerprint density at radius 3 is 3.14 bits per heavy atom. The summed E-state index contributed by atoms with van der Waals surface area (Å²) in [5.74, 6) is 0. The van der Waals surface area contributed by atoms with Gasteiger partial charge in [0.1, 0.15) is 11.3 Å². The van der Waals surface area contributed by atoms with E-state index in [-0.39, 0.29) is 5.69 Å². The van der Waals surface area contributed by atoms with Gasteiger partial charge >= 0.3 is 5.69 Å². The quantitative estimate of drug-likeness (QED) is 0.575. The van der Waals surface area contributed by atoms with Crippen molar-refractivity contribution < 1.29 is 4.42 Å². The second-order valence-corrected chi connectivity index (χ2v) is 5.26. The largest absolute Gasteiger partial charge is 0.472 e. The third-order valence-electron chi connectivity index (χ3n) is 3.02. The molecule has 4 heterocycles. The molecule has 7 nitrogen and oxygen atoms in total. The molecule has 4 rings (SSSR count). The van der Waals surface area contributed by atoms with Gasteiger partial charge in [0, 0.05) is 23.3 Å². The summed E-state index contributed by atoms with van der Waals surface area (Å²) in [5.41, 5.74) is 2.03. The van der Waals surface area contributed by atoms with Gasteiger partial charge in [-0.1, -0.05) is 0 Å². The maximum Gasteiger partial charge on any atom is 0.350 e. The third-order valence-corrected chi connectivity index (χ3v) is 3.96. The van der Waals surface area contributed by atoms with Crippen LogP contribution in [-0.2, 0) is 6.54 Å². The average Bonchev–Trinajstić information content (AvgIpc) is 3.21. The van der Waals surface area contributed by atoms with Crippen LogP contribution in [0.1, 0.15) is 5.69 Å². The van der Waals surface area contributed by atoms with Gasteiger partial charge in [-0.15, -0.1) is 16.4 Å². The predicted octanol–water partition coefficient (Wildman–Crippen LogP) is 1.66. The summed E-state index contributed by atoms with van der Waals surface area (Å²) in [6, 6.07) is 1.85. The number of aromatic nitrogens is 5. The van der Waals surface area contributed by atoms with Crippen LogP contribution in [0.4, 0.5) is 0 Å². The second-order valence-electron chi connectivity index (χ2n) is 4.40. The van der Waals surface area contributed by atoms with Crippen molar-refractivity contribution in [1.29, 1.82) is 0 Å². The van der Waals surface area contributed by atoms with Crippen molar-refractivity contribution in [2.24, 2.45) is 0 Å². The van der Waals surface area contributed by atoms with Crippen molar-refractivity contribution in [2.45, 2.75) is 6.54 Å². The van der Waals surface area contributed by atoms with E-state index < -0.39 is 0 Å². The standard InChI is InChI=1S/C13H9N5O2S/c19-13-17-3-2-14-5-11(17)16-18(13)6-10-8-21-12(15-10)9-1-4-20-7-9/h1-5,7-8H,6H2. The molecule has 0 fully saturated rings. The Hall–Kier alpha value is -2.74. The van der Waals surface area contributed by atoms with Crippen molar-refractivity contribution in [3.8, 4) is 10.6 Å². The van der Waals surface area contributed by atoms with Gasteiger partial charge in [0.25, 0.3) is 0 Å². The fraction of sp³-hybridized carbons (Fsp3) is 0.0769. The van der Waals surface area contributed by atoms with Gasteiger partial charge in [-0.05, 0) is 6.07 Å². The SMILES string of the molecule is O=c1n(Cc2csc(-c3ccoc3)n2)nc2cnccn12. The Morgan fingerprint density at radius 2 is 2.33 bits per heavy atom. The van der Waals surface area contributed by atoms with Gasteiger partial charge in [-0.2, -0.15) is 0 Å². The van der Waals surface area contributed by atoms with E-state index in [2.05, 4.69) is 15.1 Å². The number of hydrogen-bond acceptors (Lipinski definition) is 6. The fourth-order valence-corrected chi connectivity index (χ4v) is 2.83. The van der Waals surface area contributed by atoms with E-state index in [9.17, 15) is 4.79 Å². The Labute approximate surface area is 122 Å². The summed E-state index contributed by atoms with van der Waals surface area (Å²) in [4.78, 5) is 20.6. The van der Waals surface area contributed by atoms with Crippen molar-refractivity contribution in [3.63, 3.8) is 0 Å². The van der Waals surface area contributed by atoms with Crippen LogP contribution in [0.3, 0.4) is 0 Å². The zero-order valence-electron chi connectivity index (χ0n) is 10.7.